The Labute approximate surface area is 115 Å². The minimum absolute atomic E-state index is 0.210. The summed E-state index contributed by atoms with van der Waals surface area (Å²) < 4.78 is 38.9. The molecule has 2 N–H and O–H groups in total. The molecule has 0 saturated carbocycles. The summed E-state index contributed by atoms with van der Waals surface area (Å²) in [6.07, 6.45) is 1.03. The zero-order chi connectivity index (χ0) is 14.7. The number of hydrogen-bond donors (Lipinski definition) is 2. The fourth-order valence-electron chi connectivity index (χ4n) is 2.34. The predicted octanol–water partition coefficient (Wildman–Crippen LogP) is 2.08. The highest BCUT2D eigenvalue weighted by atomic mass is 19.2. The van der Waals surface area contributed by atoms with Crippen molar-refractivity contribution in [3.8, 4) is 0 Å². The van der Waals surface area contributed by atoms with E-state index in [1.807, 2.05) is 0 Å². The number of hydrogen-bond acceptors (Lipinski definition) is 2. The van der Waals surface area contributed by atoms with Crippen LogP contribution < -0.4 is 10.6 Å². The molecule has 1 heterocycles. The quantitative estimate of drug-likeness (QED) is 0.835. The van der Waals surface area contributed by atoms with Gasteiger partial charge in [0.25, 0.3) is 5.91 Å². The Kier molecular flexibility index (Phi) is 4.65. The lowest BCUT2D eigenvalue weighted by Gasteiger charge is -2.29. The first-order chi connectivity index (χ1) is 9.49. The first kappa shape index (κ1) is 14.8. The molecule has 0 aliphatic carbocycles. The van der Waals surface area contributed by atoms with Gasteiger partial charge >= 0.3 is 0 Å². The monoisotopic (exact) mass is 286 g/mol. The molecule has 0 radical (unpaired) electrons. The Hall–Kier alpha value is -1.56. The van der Waals surface area contributed by atoms with E-state index in [2.05, 4.69) is 17.6 Å². The lowest BCUT2D eigenvalue weighted by atomic mass is 9.88. The summed E-state index contributed by atoms with van der Waals surface area (Å²) in [4.78, 5) is 11.8. The molecule has 1 aliphatic heterocycles. The van der Waals surface area contributed by atoms with E-state index in [-0.39, 0.29) is 11.5 Å². The van der Waals surface area contributed by atoms with Gasteiger partial charge in [-0.1, -0.05) is 6.92 Å². The van der Waals surface area contributed by atoms with Crippen LogP contribution in [0.1, 0.15) is 23.7 Å². The van der Waals surface area contributed by atoms with Crippen molar-refractivity contribution < 1.29 is 18.0 Å². The van der Waals surface area contributed by atoms with Crippen molar-refractivity contribution >= 4 is 5.91 Å². The standard InChI is InChI=1S/C14H17F3N2O/c1-8-2-3-18-6-10(8)7-19-14(20)9-4-11(15)13(17)12(16)5-9/h4-5,8,10,18H,2-3,6-7H2,1H3,(H,19,20). The maximum atomic E-state index is 13.1. The molecule has 1 saturated heterocycles. The van der Waals surface area contributed by atoms with Crippen LogP contribution in [0.5, 0.6) is 0 Å². The summed E-state index contributed by atoms with van der Waals surface area (Å²) >= 11 is 0. The van der Waals surface area contributed by atoms with Crippen molar-refractivity contribution in [1.29, 1.82) is 0 Å². The number of benzene rings is 1. The second-order valence-electron chi connectivity index (χ2n) is 5.19. The largest absolute Gasteiger partial charge is 0.352 e. The molecule has 0 aromatic heterocycles. The molecular weight excluding hydrogens is 269 g/mol. The Morgan fingerprint density at radius 3 is 2.60 bits per heavy atom. The predicted molar refractivity (Wildman–Crippen MR) is 68.8 cm³/mol. The van der Waals surface area contributed by atoms with Crippen LogP contribution in [-0.2, 0) is 0 Å². The van der Waals surface area contributed by atoms with Gasteiger partial charge in [-0.3, -0.25) is 4.79 Å². The minimum Gasteiger partial charge on any atom is -0.352 e. The van der Waals surface area contributed by atoms with Gasteiger partial charge in [0.15, 0.2) is 17.5 Å². The smallest absolute Gasteiger partial charge is 0.251 e. The van der Waals surface area contributed by atoms with Gasteiger partial charge in [0.1, 0.15) is 0 Å². The van der Waals surface area contributed by atoms with Gasteiger partial charge in [0, 0.05) is 12.1 Å². The van der Waals surface area contributed by atoms with Crippen molar-refractivity contribution in [3.63, 3.8) is 0 Å². The Bertz CT molecular complexity index is 484. The number of carbonyl (C=O) groups excluding carboxylic acids is 1. The lowest BCUT2D eigenvalue weighted by molar-refractivity contribution is 0.0937. The molecule has 3 nitrogen and oxygen atoms in total. The molecule has 1 fully saturated rings. The van der Waals surface area contributed by atoms with E-state index in [0.29, 0.717) is 24.6 Å². The van der Waals surface area contributed by atoms with E-state index in [9.17, 15) is 18.0 Å². The third-order valence-corrected chi connectivity index (χ3v) is 3.76. The zero-order valence-electron chi connectivity index (χ0n) is 11.2. The third kappa shape index (κ3) is 3.30. The van der Waals surface area contributed by atoms with Crippen LogP contribution in [0.25, 0.3) is 0 Å². The first-order valence-corrected chi connectivity index (χ1v) is 6.62. The highest BCUT2D eigenvalue weighted by Crippen LogP contribution is 2.18. The second-order valence-corrected chi connectivity index (χ2v) is 5.19. The molecule has 0 bridgehead atoms. The molecular formula is C14H17F3N2O. The van der Waals surface area contributed by atoms with Gasteiger partial charge in [0.05, 0.1) is 0 Å². The summed E-state index contributed by atoms with van der Waals surface area (Å²) in [5, 5.41) is 5.87. The summed E-state index contributed by atoms with van der Waals surface area (Å²) in [6.45, 7) is 4.29. The van der Waals surface area contributed by atoms with E-state index < -0.39 is 23.4 Å². The molecule has 20 heavy (non-hydrogen) atoms. The van der Waals surface area contributed by atoms with E-state index in [1.54, 1.807) is 0 Å². The average Bonchev–Trinajstić information content (AvgIpc) is 2.43. The molecule has 1 amide bonds. The SMILES string of the molecule is CC1CCNCC1CNC(=O)c1cc(F)c(F)c(F)c1. The van der Waals surface area contributed by atoms with Crippen LogP contribution in [0.15, 0.2) is 12.1 Å². The molecule has 1 aliphatic rings. The Morgan fingerprint density at radius 1 is 1.35 bits per heavy atom. The lowest BCUT2D eigenvalue weighted by Crippen LogP contribution is -2.42. The van der Waals surface area contributed by atoms with E-state index in [0.717, 1.165) is 19.5 Å². The summed E-state index contributed by atoms with van der Waals surface area (Å²) in [6, 6.07) is 1.41. The maximum Gasteiger partial charge on any atom is 0.251 e. The number of carbonyl (C=O) groups is 1. The highest BCUT2D eigenvalue weighted by molar-refractivity contribution is 5.94. The molecule has 6 heteroatoms. The Morgan fingerprint density at radius 2 is 2.00 bits per heavy atom. The molecule has 0 spiro atoms. The average molecular weight is 286 g/mol. The maximum absolute atomic E-state index is 13.1. The normalized spacial score (nSPS) is 22.6. The number of amides is 1. The fourth-order valence-corrected chi connectivity index (χ4v) is 2.34. The van der Waals surface area contributed by atoms with Crippen molar-refractivity contribution in [2.75, 3.05) is 19.6 Å². The topological polar surface area (TPSA) is 41.1 Å². The van der Waals surface area contributed by atoms with Crippen LogP contribution in [0, 0.1) is 29.3 Å². The number of piperidine rings is 1. The van der Waals surface area contributed by atoms with Gasteiger partial charge in [-0.15, -0.1) is 0 Å². The van der Waals surface area contributed by atoms with Gasteiger partial charge in [-0.05, 0) is 43.5 Å². The van der Waals surface area contributed by atoms with E-state index in [4.69, 9.17) is 0 Å². The van der Waals surface area contributed by atoms with Gasteiger partial charge in [0.2, 0.25) is 0 Å². The third-order valence-electron chi connectivity index (χ3n) is 3.76. The number of nitrogens with one attached hydrogen (secondary N) is 2. The molecule has 2 unspecified atom stereocenters. The molecule has 2 rings (SSSR count). The van der Waals surface area contributed by atoms with Crippen molar-refractivity contribution in [2.24, 2.45) is 11.8 Å². The van der Waals surface area contributed by atoms with Crippen molar-refractivity contribution in [2.45, 2.75) is 13.3 Å². The molecule has 1 aromatic carbocycles. The Balaban J connectivity index is 1.98. The molecule has 2 atom stereocenters. The zero-order valence-corrected chi connectivity index (χ0v) is 11.2. The van der Waals surface area contributed by atoms with Gasteiger partial charge < -0.3 is 10.6 Å². The van der Waals surface area contributed by atoms with E-state index in [1.165, 1.54) is 0 Å². The van der Waals surface area contributed by atoms with Crippen LogP contribution >= 0.6 is 0 Å². The summed E-state index contributed by atoms with van der Waals surface area (Å²) in [5.74, 6) is -4.13. The summed E-state index contributed by atoms with van der Waals surface area (Å²) in [7, 11) is 0. The van der Waals surface area contributed by atoms with Crippen LogP contribution in [0.2, 0.25) is 0 Å². The van der Waals surface area contributed by atoms with Crippen LogP contribution in [-0.4, -0.2) is 25.5 Å². The van der Waals surface area contributed by atoms with Crippen LogP contribution in [0.3, 0.4) is 0 Å². The number of rotatable bonds is 3. The van der Waals surface area contributed by atoms with Crippen molar-refractivity contribution in [1.82, 2.24) is 10.6 Å². The van der Waals surface area contributed by atoms with Gasteiger partial charge in [-0.25, -0.2) is 13.2 Å². The second kappa shape index (κ2) is 6.26. The van der Waals surface area contributed by atoms with E-state index >= 15 is 0 Å². The highest BCUT2D eigenvalue weighted by Gasteiger charge is 2.22. The molecule has 110 valence electrons. The first-order valence-electron chi connectivity index (χ1n) is 6.62. The van der Waals surface area contributed by atoms with Gasteiger partial charge in [-0.2, -0.15) is 0 Å². The van der Waals surface area contributed by atoms with Crippen LogP contribution in [0.4, 0.5) is 13.2 Å². The number of halogens is 3. The molecule has 1 aromatic rings. The summed E-state index contributed by atoms with van der Waals surface area (Å²) in [5.41, 5.74) is -0.210. The minimum atomic E-state index is -1.56. The fraction of sp³-hybridized carbons (Fsp3) is 0.500. The van der Waals surface area contributed by atoms with Crippen molar-refractivity contribution in [3.05, 3.63) is 35.1 Å².